The largest absolute Gasteiger partial charge is 0.359 e. The molecule has 2 aromatic rings. The van der Waals surface area contributed by atoms with Gasteiger partial charge in [0.25, 0.3) is 5.56 Å². The number of fused-ring (bicyclic) bond motifs is 1. The molecule has 0 bridgehead atoms. The lowest BCUT2D eigenvalue weighted by molar-refractivity contribution is 0.500. The Morgan fingerprint density at radius 1 is 1.25 bits per heavy atom. The van der Waals surface area contributed by atoms with Gasteiger partial charge in [0, 0.05) is 27.2 Å². The van der Waals surface area contributed by atoms with Crippen LogP contribution in [-0.4, -0.2) is 25.7 Å². The van der Waals surface area contributed by atoms with E-state index in [0.717, 1.165) is 4.57 Å². The summed E-state index contributed by atoms with van der Waals surface area (Å²) in [6, 6.07) is 0. The molecule has 110 valence electrons. The molecule has 0 aromatic carbocycles. The summed E-state index contributed by atoms with van der Waals surface area (Å²) in [5.41, 5.74) is 0.304. The first-order valence-corrected chi connectivity index (χ1v) is 6.80. The monoisotopic (exact) mass is 279 g/mol. The number of nitrogens with zero attached hydrogens (tertiary/aromatic N) is 4. The van der Waals surface area contributed by atoms with Crippen LogP contribution in [0.5, 0.6) is 0 Å². The topological polar surface area (TPSA) is 73.8 Å². The van der Waals surface area contributed by atoms with Gasteiger partial charge in [0.2, 0.25) is 5.95 Å². The van der Waals surface area contributed by atoms with Gasteiger partial charge in [0.05, 0.1) is 0 Å². The van der Waals surface area contributed by atoms with Crippen molar-refractivity contribution in [1.29, 1.82) is 0 Å². The van der Waals surface area contributed by atoms with Gasteiger partial charge >= 0.3 is 5.69 Å². The van der Waals surface area contributed by atoms with E-state index in [4.69, 9.17) is 0 Å². The zero-order valence-electron chi connectivity index (χ0n) is 12.6. The Morgan fingerprint density at radius 2 is 1.90 bits per heavy atom. The third-order valence-corrected chi connectivity index (χ3v) is 3.32. The molecule has 0 saturated carbocycles. The zero-order chi connectivity index (χ0) is 15.0. The van der Waals surface area contributed by atoms with Crippen LogP contribution < -0.4 is 16.6 Å². The molecule has 0 radical (unpaired) electrons. The van der Waals surface area contributed by atoms with Gasteiger partial charge in [-0.2, -0.15) is 4.98 Å². The van der Waals surface area contributed by atoms with Crippen LogP contribution in [0.15, 0.2) is 9.59 Å². The second-order valence-electron chi connectivity index (χ2n) is 5.25. The lowest BCUT2D eigenvalue weighted by Crippen LogP contribution is -2.39. The van der Waals surface area contributed by atoms with Gasteiger partial charge in [-0.25, -0.2) is 4.79 Å². The highest BCUT2D eigenvalue weighted by molar-refractivity contribution is 5.74. The maximum atomic E-state index is 12.4. The van der Waals surface area contributed by atoms with E-state index >= 15 is 0 Å². The van der Waals surface area contributed by atoms with Gasteiger partial charge in [-0.15, -0.1) is 0 Å². The van der Waals surface area contributed by atoms with Gasteiger partial charge < -0.3 is 9.88 Å². The van der Waals surface area contributed by atoms with Crippen LogP contribution in [0.4, 0.5) is 5.95 Å². The molecule has 0 saturated heterocycles. The van der Waals surface area contributed by atoms with Crippen molar-refractivity contribution in [3.8, 4) is 0 Å². The summed E-state index contributed by atoms with van der Waals surface area (Å²) in [6.45, 7) is 7.15. The lowest BCUT2D eigenvalue weighted by atomic mass is 10.2. The summed E-state index contributed by atoms with van der Waals surface area (Å²) in [4.78, 5) is 29.1. The van der Waals surface area contributed by atoms with Crippen molar-refractivity contribution >= 4 is 17.1 Å². The highest BCUT2D eigenvalue weighted by Crippen LogP contribution is 2.15. The van der Waals surface area contributed by atoms with Crippen LogP contribution in [0.2, 0.25) is 0 Å². The fraction of sp³-hybridized carbons (Fsp3) is 0.615. The van der Waals surface area contributed by atoms with E-state index in [2.05, 4.69) is 10.3 Å². The predicted octanol–water partition coefficient (Wildman–Crippen LogP) is 0.614. The maximum absolute atomic E-state index is 12.4. The summed E-state index contributed by atoms with van der Waals surface area (Å²) in [7, 11) is 3.26. The van der Waals surface area contributed by atoms with Crippen molar-refractivity contribution < 1.29 is 0 Å². The minimum atomic E-state index is -0.320. The van der Waals surface area contributed by atoms with Crippen molar-refractivity contribution in [2.75, 3.05) is 12.4 Å². The van der Waals surface area contributed by atoms with E-state index in [0.29, 0.717) is 36.1 Å². The van der Waals surface area contributed by atoms with Crippen LogP contribution in [-0.2, 0) is 20.1 Å². The van der Waals surface area contributed by atoms with E-state index in [1.54, 1.807) is 16.2 Å². The molecule has 0 aliphatic heterocycles. The smallest absolute Gasteiger partial charge is 0.332 e. The summed E-state index contributed by atoms with van der Waals surface area (Å²) in [5.74, 6) is 0.890. The van der Waals surface area contributed by atoms with Crippen LogP contribution in [0.1, 0.15) is 20.8 Å². The molecule has 7 nitrogen and oxygen atoms in total. The van der Waals surface area contributed by atoms with E-state index in [1.165, 1.54) is 7.05 Å². The summed E-state index contributed by atoms with van der Waals surface area (Å²) in [5, 5.41) is 2.97. The highest BCUT2D eigenvalue weighted by Gasteiger charge is 2.19. The molecule has 2 heterocycles. The molecule has 0 unspecified atom stereocenters. The molecule has 1 N–H and O–H groups in total. The first-order valence-electron chi connectivity index (χ1n) is 6.80. The van der Waals surface area contributed by atoms with E-state index in [-0.39, 0.29) is 11.2 Å². The third kappa shape index (κ3) is 2.03. The minimum Gasteiger partial charge on any atom is -0.359 e. The molecular formula is C13H21N5O2. The molecule has 2 rings (SSSR count). The van der Waals surface area contributed by atoms with Crippen molar-refractivity contribution in [3.05, 3.63) is 20.8 Å². The molecule has 0 aliphatic rings. The standard InChI is InChI=1S/C13H21N5O2/c1-6-17-9-10(15-12(17)14-4)18(7-8(2)3)13(20)16(5)11(9)19/h8H,6-7H2,1-5H3,(H,14,15). The highest BCUT2D eigenvalue weighted by atomic mass is 16.2. The Labute approximate surface area is 116 Å². The predicted molar refractivity (Wildman–Crippen MR) is 79.3 cm³/mol. The number of aryl methyl sites for hydroxylation is 1. The number of nitrogens with one attached hydrogen (secondary N) is 1. The van der Waals surface area contributed by atoms with Gasteiger partial charge in [-0.3, -0.25) is 13.9 Å². The fourth-order valence-electron chi connectivity index (χ4n) is 2.39. The average Bonchev–Trinajstić information content (AvgIpc) is 2.79. The number of rotatable bonds is 4. The van der Waals surface area contributed by atoms with Crippen molar-refractivity contribution in [3.63, 3.8) is 0 Å². The first kappa shape index (κ1) is 14.4. The number of aromatic nitrogens is 4. The Kier molecular flexibility index (Phi) is 3.69. The van der Waals surface area contributed by atoms with Gasteiger partial charge in [-0.05, 0) is 12.8 Å². The SMILES string of the molecule is CCn1c(NC)nc2c1c(=O)n(C)c(=O)n2CC(C)C. The molecule has 0 fully saturated rings. The molecule has 7 heteroatoms. The van der Waals surface area contributed by atoms with Gasteiger partial charge in [0.15, 0.2) is 11.2 Å². The number of hydrogen-bond acceptors (Lipinski definition) is 4. The summed E-state index contributed by atoms with van der Waals surface area (Å²) in [6.07, 6.45) is 0. The molecule has 0 aliphatic carbocycles. The Morgan fingerprint density at radius 3 is 2.40 bits per heavy atom. The van der Waals surface area contributed by atoms with Crippen LogP contribution in [0.3, 0.4) is 0 Å². The van der Waals surface area contributed by atoms with Gasteiger partial charge in [-0.1, -0.05) is 13.8 Å². The second-order valence-corrected chi connectivity index (χ2v) is 5.25. The minimum absolute atomic E-state index is 0.290. The van der Waals surface area contributed by atoms with Crippen molar-refractivity contribution in [2.24, 2.45) is 13.0 Å². The molecule has 0 amide bonds. The van der Waals surface area contributed by atoms with Crippen LogP contribution in [0.25, 0.3) is 11.2 Å². The fourth-order valence-corrected chi connectivity index (χ4v) is 2.39. The normalized spacial score (nSPS) is 11.5. The average molecular weight is 279 g/mol. The van der Waals surface area contributed by atoms with E-state index in [9.17, 15) is 9.59 Å². The number of hydrogen-bond donors (Lipinski definition) is 1. The maximum Gasteiger partial charge on any atom is 0.332 e. The van der Waals surface area contributed by atoms with Crippen molar-refractivity contribution in [1.82, 2.24) is 18.7 Å². The second kappa shape index (κ2) is 5.15. The number of anilines is 1. The van der Waals surface area contributed by atoms with E-state index < -0.39 is 0 Å². The number of imidazole rings is 1. The lowest BCUT2D eigenvalue weighted by Gasteiger charge is -2.11. The first-order chi connectivity index (χ1) is 9.42. The zero-order valence-corrected chi connectivity index (χ0v) is 12.6. The summed E-state index contributed by atoms with van der Waals surface area (Å²) >= 11 is 0. The summed E-state index contributed by atoms with van der Waals surface area (Å²) < 4.78 is 4.53. The Hall–Kier alpha value is -2.05. The van der Waals surface area contributed by atoms with Gasteiger partial charge in [0.1, 0.15) is 0 Å². The Bertz CT molecular complexity index is 751. The molecule has 2 aromatic heterocycles. The molecule has 0 atom stereocenters. The van der Waals surface area contributed by atoms with Crippen LogP contribution in [0, 0.1) is 5.92 Å². The quantitative estimate of drug-likeness (QED) is 0.890. The third-order valence-electron chi connectivity index (χ3n) is 3.32. The Balaban J connectivity index is 2.96. The van der Waals surface area contributed by atoms with E-state index in [1.807, 2.05) is 20.8 Å². The van der Waals surface area contributed by atoms with Crippen LogP contribution >= 0.6 is 0 Å². The molecular weight excluding hydrogens is 258 g/mol. The van der Waals surface area contributed by atoms with Crippen molar-refractivity contribution in [2.45, 2.75) is 33.9 Å². The molecule has 20 heavy (non-hydrogen) atoms. The molecule has 0 spiro atoms.